The van der Waals surface area contributed by atoms with Gasteiger partial charge in [0, 0.05) is 0 Å². The fourth-order valence-corrected chi connectivity index (χ4v) is 13.8. The monoisotopic (exact) mass is 1020 g/mol. The molecular weight excluding hydrogens is 961 g/mol. The van der Waals surface area contributed by atoms with Crippen LogP contribution in [0, 0.1) is 6.92 Å². The van der Waals surface area contributed by atoms with Crippen LogP contribution in [0.4, 0.5) is 0 Å². The fraction of sp³-hybridized carbons (Fsp3) is 0.0500. The van der Waals surface area contributed by atoms with Crippen molar-refractivity contribution in [3.63, 3.8) is 0 Å². The summed E-state index contributed by atoms with van der Waals surface area (Å²) in [7, 11) is 0. The van der Waals surface area contributed by atoms with Crippen LogP contribution in [-0.2, 0) is 0 Å². The zero-order valence-electron chi connectivity index (χ0n) is 45.4. The molecule has 0 nitrogen and oxygen atoms in total. The van der Waals surface area contributed by atoms with E-state index in [9.17, 15) is 0 Å². The lowest BCUT2D eigenvalue weighted by atomic mass is 9.82. The van der Waals surface area contributed by atoms with Gasteiger partial charge in [-0.05, 0) is 218 Å². The Bertz CT molecular complexity index is 5230. The number of benzene rings is 16. The van der Waals surface area contributed by atoms with E-state index in [0.717, 1.165) is 0 Å². The van der Waals surface area contributed by atoms with Crippen molar-refractivity contribution >= 4 is 114 Å². The van der Waals surface area contributed by atoms with E-state index in [1.165, 1.54) is 174 Å². The van der Waals surface area contributed by atoms with E-state index in [2.05, 4.69) is 281 Å². The normalized spacial score (nSPS) is 12.1. The molecule has 16 aromatic carbocycles. The molecule has 0 fully saturated rings. The highest BCUT2D eigenvalue weighted by Crippen LogP contribution is 2.49. The predicted molar refractivity (Wildman–Crippen MR) is 350 cm³/mol. The van der Waals surface area contributed by atoms with E-state index in [1.807, 2.05) is 13.8 Å². The Labute approximate surface area is 466 Å². The van der Waals surface area contributed by atoms with Crippen LogP contribution in [0.25, 0.3) is 169 Å². The van der Waals surface area contributed by atoms with Crippen molar-refractivity contribution < 1.29 is 0 Å². The molecule has 0 aliphatic rings. The number of fused-ring (bicyclic) bond motifs is 9. The van der Waals surface area contributed by atoms with Crippen LogP contribution in [-0.4, -0.2) is 0 Å². The third kappa shape index (κ3) is 7.29. The van der Waals surface area contributed by atoms with Crippen molar-refractivity contribution in [2.24, 2.45) is 0 Å². The maximum atomic E-state index is 2.50. The van der Waals surface area contributed by atoms with E-state index < -0.39 is 0 Å². The van der Waals surface area contributed by atoms with Crippen LogP contribution in [0.5, 0.6) is 0 Å². The van der Waals surface area contributed by atoms with Gasteiger partial charge in [0.25, 0.3) is 0 Å². The highest BCUT2D eigenvalue weighted by molar-refractivity contribution is 6.27. The Morgan fingerprint density at radius 2 is 0.575 bits per heavy atom. The van der Waals surface area contributed by atoms with Crippen molar-refractivity contribution in [2.45, 2.75) is 27.7 Å². The minimum Gasteiger partial charge on any atom is -0.0791 e. The fourth-order valence-electron chi connectivity index (χ4n) is 13.8. The highest BCUT2D eigenvalue weighted by atomic mass is 14.3. The zero-order valence-corrected chi connectivity index (χ0v) is 45.4. The zero-order chi connectivity index (χ0) is 53.6. The second kappa shape index (κ2) is 18.9. The van der Waals surface area contributed by atoms with Gasteiger partial charge in [-0.25, -0.2) is 0 Å². The van der Waals surface area contributed by atoms with Crippen LogP contribution in [0.2, 0.25) is 0 Å². The Morgan fingerprint density at radius 1 is 0.237 bits per heavy atom. The molecule has 0 unspecified atom stereocenters. The molecule has 16 aromatic rings. The SMILES string of the molecule is C/C=c1/c2cccc3c(-c4ccc5cc(-c6c7ccccc7c(-c7ccc8c(-c9ccc%10ccccc%10c9)c9ccccc9c(-c9ccc%10ccccc%10c9)c8c7)c7ccccc67)ccc5c4)ccc(c4cccc(C)c14)c32.CC. The molecule has 0 saturated heterocycles. The maximum absolute atomic E-state index is 2.50. The van der Waals surface area contributed by atoms with Gasteiger partial charge in [0.05, 0.1) is 0 Å². The summed E-state index contributed by atoms with van der Waals surface area (Å²) >= 11 is 0. The maximum Gasteiger partial charge on any atom is -0.00203 e. The van der Waals surface area contributed by atoms with Crippen molar-refractivity contribution in [1.29, 1.82) is 0 Å². The third-order valence-corrected chi connectivity index (χ3v) is 17.2. The number of hydrogen-bond acceptors (Lipinski definition) is 0. The van der Waals surface area contributed by atoms with Crippen molar-refractivity contribution in [2.75, 3.05) is 0 Å². The Morgan fingerprint density at radius 3 is 1.10 bits per heavy atom. The molecule has 0 atom stereocenters. The molecule has 0 N–H and O–H groups in total. The van der Waals surface area contributed by atoms with Gasteiger partial charge in [-0.3, -0.25) is 0 Å². The molecule has 0 spiro atoms. The Kier molecular flexibility index (Phi) is 11.2. The van der Waals surface area contributed by atoms with E-state index >= 15 is 0 Å². The van der Waals surface area contributed by atoms with Crippen molar-refractivity contribution in [3.8, 4) is 55.6 Å². The number of hydrogen-bond donors (Lipinski definition) is 0. The van der Waals surface area contributed by atoms with Gasteiger partial charge in [0.1, 0.15) is 0 Å². The van der Waals surface area contributed by atoms with Gasteiger partial charge >= 0.3 is 0 Å². The largest absolute Gasteiger partial charge is 0.0791 e. The lowest BCUT2D eigenvalue weighted by Gasteiger charge is -2.21. The molecule has 0 bridgehead atoms. The molecule has 0 aliphatic heterocycles. The highest BCUT2D eigenvalue weighted by Gasteiger charge is 2.22. The first kappa shape index (κ1) is 47.3. The summed E-state index contributed by atoms with van der Waals surface area (Å²) in [5.41, 5.74) is 13.7. The number of rotatable bonds is 5. The van der Waals surface area contributed by atoms with Gasteiger partial charge < -0.3 is 0 Å². The first-order valence-electron chi connectivity index (χ1n) is 28.3. The van der Waals surface area contributed by atoms with E-state index in [4.69, 9.17) is 0 Å². The summed E-state index contributed by atoms with van der Waals surface area (Å²) in [6.07, 6.45) is 2.29. The molecule has 0 amide bonds. The van der Waals surface area contributed by atoms with Crippen LogP contribution in [0.1, 0.15) is 26.3 Å². The molecule has 0 heteroatoms. The molecule has 80 heavy (non-hydrogen) atoms. The summed E-state index contributed by atoms with van der Waals surface area (Å²) in [5, 5.41) is 26.6. The molecular formula is C80H56. The summed E-state index contributed by atoms with van der Waals surface area (Å²) in [6.45, 7) is 8.41. The predicted octanol–water partition coefficient (Wildman–Crippen LogP) is 22.4. The lowest BCUT2D eigenvalue weighted by molar-refractivity contribution is 1.50. The van der Waals surface area contributed by atoms with E-state index in [0.29, 0.717) is 0 Å². The van der Waals surface area contributed by atoms with Gasteiger partial charge in [0.2, 0.25) is 0 Å². The second-order valence-electron chi connectivity index (χ2n) is 21.4. The van der Waals surface area contributed by atoms with Gasteiger partial charge in [-0.2, -0.15) is 0 Å². The van der Waals surface area contributed by atoms with Gasteiger partial charge in [-0.15, -0.1) is 0 Å². The van der Waals surface area contributed by atoms with Crippen LogP contribution in [0.15, 0.2) is 261 Å². The summed E-state index contributed by atoms with van der Waals surface area (Å²) in [6, 6.07) is 98.3. The minimum absolute atomic E-state index is 1.20. The summed E-state index contributed by atoms with van der Waals surface area (Å²) in [5.74, 6) is 0. The standard InChI is InChI=1S/C78H50.C2H6/c1-3-59-61-28-15-29-62-60(40-41-70(78(61)62)63-27-14-16-47(2)73(59)63)54-34-32-53-45-56(37-33-52(53)42-54)74-64-21-8-10-23-66(64)76(67-24-11-9-22-65(67)74)58-38-39-71-72(46-58)77(57-36-31-49-18-5-7-20-51(49)44-57)69-26-13-12-25-68(69)75(71)55-35-30-48-17-4-6-19-50(48)43-55;1-2/h3-46H,1-2H3;1-2H3/b59-3-;. The molecule has 376 valence electrons. The van der Waals surface area contributed by atoms with Crippen molar-refractivity contribution in [1.82, 2.24) is 0 Å². The average Bonchev–Trinajstić information content (AvgIpc) is 3.65. The van der Waals surface area contributed by atoms with E-state index in [-0.39, 0.29) is 0 Å². The van der Waals surface area contributed by atoms with Gasteiger partial charge in [0.15, 0.2) is 0 Å². The van der Waals surface area contributed by atoms with Crippen LogP contribution in [0.3, 0.4) is 0 Å². The summed E-state index contributed by atoms with van der Waals surface area (Å²) < 4.78 is 0. The lowest BCUT2D eigenvalue weighted by Crippen LogP contribution is -2.06. The minimum atomic E-state index is 1.20. The number of aryl methyl sites for hydroxylation is 1. The molecule has 16 rings (SSSR count). The van der Waals surface area contributed by atoms with Crippen LogP contribution < -0.4 is 5.22 Å². The molecule has 0 aliphatic carbocycles. The molecule has 0 saturated carbocycles. The first-order valence-corrected chi connectivity index (χ1v) is 28.3. The second-order valence-corrected chi connectivity index (χ2v) is 21.4. The third-order valence-electron chi connectivity index (χ3n) is 17.2. The first-order chi connectivity index (χ1) is 39.6. The quantitative estimate of drug-likeness (QED) is 0.119. The van der Waals surface area contributed by atoms with Crippen LogP contribution >= 0.6 is 0 Å². The Balaban J connectivity index is 0.00000273. The summed E-state index contributed by atoms with van der Waals surface area (Å²) in [4.78, 5) is 0. The topological polar surface area (TPSA) is 0 Å². The van der Waals surface area contributed by atoms with Crippen molar-refractivity contribution in [3.05, 3.63) is 272 Å². The average molecular weight is 1020 g/mol. The molecule has 0 radical (unpaired) electrons. The molecule has 0 aromatic heterocycles. The van der Waals surface area contributed by atoms with Gasteiger partial charge in [-0.1, -0.05) is 250 Å². The Hall–Kier alpha value is -9.88. The van der Waals surface area contributed by atoms with E-state index in [1.54, 1.807) is 0 Å². The molecule has 0 heterocycles. The smallest absolute Gasteiger partial charge is 0.00203 e.